The van der Waals surface area contributed by atoms with Gasteiger partial charge in [0.1, 0.15) is 5.60 Å². The van der Waals surface area contributed by atoms with E-state index >= 15 is 0 Å². The molecule has 1 aliphatic rings. The van der Waals surface area contributed by atoms with Gasteiger partial charge in [0.05, 0.1) is 5.02 Å². The summed E-state index contributed by atoms with van der Waals surface area (Å²) in [5, 5.41) is 7.95. The van der Waals surface area contributed by atoms with Crippen LogP contribution in [0.1, 0.15) is 18.7 Å². The van der Waals surface area contributed by atoms with Gasteiger partial charge in [-0.05, 0) is 38.1 Å². The van der Waals surface area contributed by atoms with E-state index in [4.69, 9.17) is 20.9 Å². The minimum absolute atomic E-state index is 0.488. The van der Waals surface area contributed by atoms with Crippen LogP contribution in [0.3, 0.4) is 0 Å². The van der Waals surface area contributed by atoms with Crippen LogP contribution in [-0.2, 0) is 10.3 Å². The molecule has 3 rings (SSSR count). The van der Waals surface area contributed by atoms with Gasteiger partial charge in [0, 0.05) is 12.7 Å². The number of rotatable bonds is 3. The number of methoxy groups -OCH3 is 1. The first-order chi connectivity index (χ1) is 9.75. The third-order valence-electron chi connectivity index (χ3n) is 3.73. The van der Waals surface area contributed by atoms with Gasteiger partial charge in [0.25, 0.3) is 5.89 Å². The Bertz CT molecular complexity index is 594. The van der Waals surface area contributed by atoms with E-state index in [0.29, 0.717) is 16.7 Å². The molecule has 5 nitrogen and oxygen atoms in total. The number of piperidine rings is 1. The van der Waals surface area contributed by atoms with Crippen molar-refractivity contribution >= 4 is 11.6 Å². The molecule has 1 N–H and O–H groups in total. The van der Waals surface area contributed by atoms with Gasteiger partial charge < -0.3 is 14.6 Å². The molecule has 1 saturated heterocycles. The summed E-state index contributed by atoms with van der Waals surface area (Å²) in [4.78, 5) is 4.49. The molecule has 1 aliphatic heterocycles. The van der Waals surface area contributed by atoms with Crippen LogP contribution in [0, 0.1) is 0 Å². The van der Waals surface area contributed by atoms with Crippen molar-refractivity contribution in [2.75, 3.05) is 20.2 Å². The fourth-order valence-corrected chi connectivity index (χ4v) is 2.72. The van der Waals surface area contributed by atoms with E-state index in [0.717, 1.165) is 31.5 Å². The highest BCUT2D eigenvalue weighted by Crippen LogP contribution is 2.34. The van der Waals surface area contributed by atoms with E-state index in [2.05, 4.69) is 15.5 Å². The minimum Gasteiger partial charge on any atom is -0.368 e. The zero-order valence-electron chi connectivity index (χ0n) is 11.2. The number of hydrogen-bond acceptors (Lipinski definition) is 5. The van der Waals surface area contributed by atoms with Crippen molar-refractivity contribution in [2.45, 2.75) is 18.4 Å². The van der Waals surface area contributed by atoms with Crippen LogP contribution in [0.5, 0.6) is 0 Å². The van der Waals surface area contributed by atoms with Gasteiger partial charge in [-0.15, -0.1) is 0 Å². The van der Waals surface area contributed by atoms with Crippen molar-refractivity contribution in [3.8, 4) is 11.4 Å². The molecule has 1 aromatic carbocycles. The molecule has 0 bridgehead atoms. The summed E-state index contributed by atoms with van der Waals surface area (Å²) in [5.41, 5.74) is 0.280. The molecule has 1 fully saturated rings. The summed E-state index contributed by atoms with van der Waals surface area (Å²) in [7, 11) is 1.69. The Morgan fingerprint density at radius 3 is 2.75 bits per heavy atom. The number of nitrogens with zero attached hydrogens (tertiary/aromatic N) is 2. The maximum Gasteiger partial charge on any atom is 0.259 e. The molecule has 0 aliphatic carbocycles. The van der Waals surface area contributed by atoms with Crippen LogP contribution in [0.4, 0.5) is 0 Å². The standard InChI is InChI=1S/C14H16ClN3O2/c1-19-14(6-8-16-9-7-14)13-17-12(18-20-13)10-4-2-3-5-11(10)15/h2-5,16H,6-9H2,1H3. The van der Waals surface area contributed by atoms with Gasteiger partial charge in [-0.1, -0.05) is 28.9 Å². The summed E-state index contributed by atoms with van der Waals surface area (Å²) in [6, 6.07) is 7.45. The van der Waals surface area contributed by atoms with Gasteiger partial charge in [-0.2, -0.15) is 4.98 Å². The molecule has 2 aromatic rings. The zero-order valence-corrected chi connectivity index (χ0v) is 12.0. The number of halogens is 1. The molecule has 0 amide bonds. The van der Waals surface area contributed by atoms with Crippen LogP contribution >= 0.6 is 11.6 Å². The normalized spacial score (nSPS) is 18.1. The Hall–Kier alpha value is -1.43. The molecule has 1 aromatic heterocycles. The van der Waals surface area contributed by atoms with Gasteiger partial charge in [0.2, 0.25) is 5.82 Å². The first-order valence-electron chi connectivity index (χ1n) is 6.60. The second-order valence-electron chi connectivity index (χ2n) is 4.85. The predicted molar refractivity (Wildman–Crippen MR) is 75.5 cm³/mol. The summed E-state index contributed by atoms with van der Waals surface area (Å²) in [6.07, 6.45) is 1.63. The fourth-order valence-electron chi connectivity index (χ4n) is 2.50. The highest BCUT2D eigenvalue weighted by atomic mass is 35.5. The first kappa shape index (κ1) is 13.5. The topological polar surface area (TPSA) is 60.2 Å². The van der Waals surface area contributed by atoms with Crippen LogP contribution in [0.2, 0.25) is 5.02 Å². The smallest absolute Gasteiger partial charge is 0.259 e. The van der Waals surface area contributed by atoms with E-state index in [9.17, 15) is 0 Å². The monoisotopic (exact) mass is 293 g/mol. The zero-order chi connectivity index (χ0) is 14.0. The van der Waals surface area contributed by atoms with Crippen molar-refractivity contribution in [2.24, 2.45) is 0 Å². The van der Waals surface area contributed by atoms with Crippen LogP contribution in [0.15, 0.2) is 28.8 Å². The summed E-state index contributed by atoms with van der Waals surface area (Å²) >= 11 is 6.16. The number of benzene rings is 1. The number of aromatic nitrogens is 2. The average Bonchev–Trinajstić information content (AvgIpc) is 2.98. The van der Waals surface area contributed by atoms with Crippen molar-refractivity contribution in [1.82, 2.24) is 15.5 Å². The van der Waals surface area contributed by atoms with Crippen LogP contribution < -0.4 is 5.32 Å². The lowest BCUT2D eigenvalue weighted by Crippen LogP contribution is -2.41. The predicted octanol–water partition coefficient (Wildman–Crippen LogP) is 2.62. The van der Waals surface area contributed by atoms with E-state index in [-0.39, 0.29) is 0 Å². The van der Waals surface area contributed by atoms with Crippen molar-refractivity contribution < 1.29 is 9.26 Å². The number of nitrogens with one attached hydrogen (secondary N) is 1. The second-order valence-corrected chi connectivity index (χ2v) is 5.26. The Kier molecular flexibility index (Phi) is 3.74. The third-order valence-corrected chi connectivity index (χ3v) is 4.06. The Morgan fingerprint density at radius 1 is 1.30 bits per heavy atom. The highest BCUT2D eigenvalue weighted by molar-refractivity contribution is 6.33. The maximum atomic E-state index is 6.16. The molecule has 0 spiro atoms. The molecule has 106 valence electrons. The maximum absolute atomic E-state index is 6.16. The van der Waals surface area contributed by atoms with Crippen molar-refractivity contribution in [1.29, 1.82) is 0 Å². The highest BCUT2D eigenvalue weighted by Gasteiger charge is 2.39. The molecular formula is C14H16ClN3O2. The van der Waals surface area contributed by atoms with Gasteiger partial charge >= 0.3 is 0 Å². The SMILES string of the molecule is COC1(c2nc(-c3ccccc3Cl)no2)CCNCC1. The molecule has 0 saturated carbocycles. The molecule has 0 atom stereocenters. The Balaban J connectivity index is 1.95. The molecule has 0 radical (unpaired) electrons. The third kappa shape index (κ3) is 2.32. The lowest BCUT2D eigenvalue weighted by molar-refractivity contribution is -0.0622. The molecule has 20 heavy (non-hydrogen) atoms. The van der Waals surface area contributed by atoms with Crippen molar-refractivity contribution in [3.63, 3.8) is 0 Å². The van der Waals surface area contributed by atoms with E-state index in [1.54, 1.807) is 7.11 Å². The Morgan fingerprint density at radius 2 is 2.05 bits per heavy atom. The molecule has 6 heteroatoms. The van der Waals surface area contributed by atoms with Crippen molar-refractivity contribution in [3.05, 3.63) is 35.2 Å². The number of ether oxygens (including phenoxy) is 1. The van der Waals surface area contributed by atoms with E-state index < -0.39 is 5.60 Å². The van der Waals surface area contributed by atoms with Gasteiger partial charge in [-0.25, -0.2) is 0 Å². The van der Waals surface area contributed by atoms with E-state index in [1.165, 1.54) is 0 Å². The lowest BCUT2D eigenvalue weighted by atomic mass is 9.92. The average molecular weight is 294 g/mol. The largest absolute Gasteiger partial charge is 0.368 e. The quantitative estimate of drug-likeness (QED) is 0.942. The summed E-state index contributed by atoms with van der Waals surface area (Å²) < 4.78 is 11.1. The van der Waals surface area contributed by atoms with E-state index in [1.807, 2.05) is 24.3 Å². The first-order valence-corrected chi connectivity index (χ1v) is 6.98. The van der Waals surface area contributed by atoms with Gasteiger partial charge in [0.15, 0.2) is 0 Å². The minimum atomic E-state index is -0.488. The van der Waals surface area contributed by atoms with Crippen LogP contribution in [-0.4, -0.2) is 30.3 Å². The van der Waals surface area contributed by atoms with Gasteiger partial charge in [-0.3, -0.25) is 0 Å². The summed E-state index contributed by atoms with van der Waals surface area (Å²) in [6.45, 7) is 1.75. The second kappa shape index (κ2) is 5.52. The lowest BCUT2D eigenvalue weighted by Gasteiger charge is -2.32. The molecule has 0 unspecified atom stereocenters. The molecule has 2 heterocycles. The fraction of sp³-hybridized carbons (Fsp3) is 0.429. The number of hydrogen-bond donors (Lipinski definition) is 1. The Labute approximate surface area is 122 Å². The van der Waals surface area contributed by atoms with Crippen LogP contribution in [0.25, 0.3) is 11.4 Å². The summed E-state index contributed by atoms with van der Waals surface area (Å²) in [5.74, 6) is 1.02. The molecular weight excluding hydrogens is 278 g/mol.